The third-order valence-electron chi connectivity index (χ3n) is 8.72. The first kappa shape index (κ1) is 18.5. The van der Waals surface area contributed by atoms with Gasteiger partial charge in [0.1, 0.15) is 0 Å². The number of carbonyl (C=O) groups excluding carboxylic acids is 1. The first-order valence-corrected chi connectivity index (χ1v) is 10.4. The van der Waals surface area contributed by atoms with Gasteiger partial charge in [0.25, 0.3) is 0 Å². The lowest BCUT2D eigenvalue weighted by Crippen LogP contribution is -2.52. The molecule has 0 spiro atoms. The Morgan fingerprint density at radius 2 is 2.07 bits per heavy atom. The van der Waals surface area contributed by atoms with E-state index in [-0.39, 0.29) is 29.0 Å². The summed E-state index contributed by atoms with van der Waals surface area (Å²) >= 11 is 0. The van der Waals surface area contributed by atoms with Crippen molar-refractivity contribution in [2.24, 2.45) is 39.6 Å². The van der Waals surface area contributed by atoms with Gasteiger partial charge in [-0.05, 0) is 85.6 Å². The van der Waals surface area contributed by atoms with Crippen molar-refractivity contribution in [1.82, 2.24) is 0 Å². The van der Waals surface area contributed by atoms with E-state index in [9.17, 15) is 14.7 Å². The molecule has 0 aromatic rings. The monoisotopic (exact) mass is 371 g/mol. The second kappa shape index (κ2) is 6.66. The van der Waals surface area contributed by atoms with Gasteiger partial charge in [-0.25, -0.2) is 0 Å². The van der Waals surface area contributed by atoms with E-state index in [1.807, 2.05) is 6.08 Å². The van der Waals surface area contributed by atoms with Crippen LogP contribution in [-0.2, 0) is 9.59 Å². The highest BCUT2D eigenvalue weighted by Gasteiger charge is 2.59. The third kappa shape index (κ3) is 2.80. The summed E-state index contributed by atoms with van der Waals surface area (Å²) in [6.45, 7) is 2.79. The standard InChI is InChI=1S/C21H29N3O3/c1-20-8-7-18-16(17(20)5-3-13(20)11-19(26)27)4-2-14-10-15(25)6-9-21(14,18)12-23-24-22/h10,13,16-18H,2-9,11-12H2,1H3,(H,26,27)/t13-,16+,17+,18+,20-,21-/m1/s1. The van der Waals surface area contributed by atoms with E-state index in [2.05, 4.69) is 16.9 Å². The molecule has 27 heavy (non-hydrogen) atoms. The minimum absolute atomic E-state index is 0.116. The van der Waals surface area contributed by atoms with Gasteiger partial charge in [0, 0.05) is 29.7 Å². The van der Waals surface area contributed by atoms with Crippen LogP contribution in [0.1, 0.15) is 64.7 Å². The Labute approximate surface area is 160 Å². The Bertz CT molecular complexity index is 741. The number of fused-ring (bicyclic) bond motifs is 5. The summed E-state index contributed by atoms with van der Waals surface area (Å²) in [5.41, 5.74) is 10.1. The molecule has 0 aromatic heterocycles. The predicted molar refractivity (Wildman–Crippen MR) is 101 cm³/mol. The molecule has 6 atom stereocenters. The van der Waals surface area contributed by atoms with Crippen LogP contribution in [0.3, 0.4) is 0 Å². The number of carbonyl (C=O) groups is 2. The molecule has 0 bridgehead atoms. The molecule has 6 nitrogen and oxygen atoms in total. The number of hydrogen-bond acceptors (Lipinski definition) is 3. The van der Waals surface area contributed by atoms with Crippen molar-refractivity contribution in [2.75, 3.05) is 6.54 Å². The van der Waals surface area contributed by atoms with Gasteiger partial charge >= 0.3 is 5.97 Å². The van der Waals surface area contributed by atoms with Crippen LogP contribution in [-0.4, -0.2) is 23.4 Å². The Hall–Kier alpha value is -1.81. The van der Waals surface area contributed by atoms with Crippen molar-refractivity contribution in [2.45, 2.75) is 64.7 Å². The zero-order valence-electron chi connectivity index (χ0n) is 16.1. The number of azide groups is 1. The smallest absolute Gasteiger partial charge is 0.303 e. The maximum atomic E-state index is 12.0. The highest BCUT2D eigenvalue weighted by molar-refractivity contribution is 5.91. The summed E-state index contributed by atoms with van der Waals surface area (Å²) in [5, 5.41) is 13.3. The van der Waals surface area contributed by atoms with E-state index in [0.717, 1.165) is 44.9 Å². The Morgan fingerprint density at radius 1 is 1.26 bits per heavy atom. The summed E-state index contributed by atoms with van der Waals surface area (Å²) in [4.78, 5) is 26.4. The maximum Gasteiger partial charge on any atom is 0.303 e. The van der Waals surface area contributed by atoms with Crippen LogP contribution in [0.15, 0.2) is 16.8 Å². The molecule has 0 saturated heterocycles. The second-order valence-electron chi connectivity index (χ2n) is 9.51. The Morgan fingerprint density at radius 3 is 2.81 bits per heavy atom. The van der Waals surface area contributed by atoms with Gasteiger partial charge in [0.05, 0.1) is 0 Å². The van der Waals surface area contributed by atoms with Crippen LogP contribution >= 0.6 is 0 Å². The first-order chi connectivity index (χ1) is 12.9. The van der Waals surface area contributed by atoms with Gasteiger partial charge in [-0.2, -0.15) is 0 Å². The van der Waals surface area contributed by atoms with E-state index in [1.165, 1.54) is 5.57 Å². The zero-order valence-corrected chi connectivity index (χ0v) is 16.1. The zero-order chi connectivity index (χ0) is 19.2. The van der Waals surface area contributed by atoms with Gasteiger partial charge in [-0.1, -0.05) is 17.6 Å². The number of hydrogen-bond donors (Lipinski definition) is 1. The summed E-state index contributed by atoms with van der Waals surface area (Å²) in [6, 6.07) is 0. The lowest BCUT2D eigenvalue weighted by molar-refractivity contribution is -0.140. The highest BCUT2D eigenvalue weighted by atomic mass is 16.4. The lowest BCUT2D eigenvalue weighted by Gasteiger charge is -2.59. The second-order valence-corrected chi connectivity index (χ2v) is 9.51. The van der Waals surface area contributed by atoms with Crippen LogP contribution in [0.5, 0.6) is 0 Å². The molecule has 0 aliphatic heterocycles. The van der Waals surface area contributed by atoms with Gasteiger partial charge in [0.15, 0.2) is 5.78 Å². The molecule has 4 rings (SSSR count). The molecule has 4 aliphatic carbocycles. The fraction of sp³-hybridized carbons (Fsp3) is 0.810. The van der Waals surface area contributed by atoms with E-state index in [0.29, 0.717) is 30.7 Å². The Balaban J connectivity index is 1.67. The van der Waals surface area contributed by atoms with Crippen molar-refractivity contribution in [3.05, 3.63) is 22.1 Å². The SMILES string of the molecule is C[C@]12CC[C@H]3[C@@H](CCC4=CC(=O)CC[C@@]43CN=[N+]=[N-])[C@@H]1CC[C@@H]2CC(=O)O. The molecule has 3 fully saturated rings. The van der Waals surface area contributed by atoms with Crippen LogP contribution < -0.4 is 0 Å². The van der Waals surface area contributed by atoms with Crippen LogP contribution in [0, 0.1) is 34.5 Å². The van der Waals surface area contributed by atoms with Crippen molar-refractivity contribution in [1.29, 1.82) is 0 Å². The van der Waals surface area contributed by atoms with Crippen molar-refractivity contribution in [3.8, 4) is 0 Å². The molecule has 0 heterocycles. The van der Waals surface area contributed by atoms with Crippen LogP contribution in [0.4, 0.5) is 0 Å². The summed E-state index contributed by atoms with van der Waals surface area (Å²) in [6.07, 6.45) is 9.74. The van der Waals surface area contributed by atoms with E-state index in [1.54, 1.807) is 0 Å². The average Bonchev–Trinajstić information content (AvgIpc) is 2.96. The van der Waals surface area contributed by atoms with Crippen molar-refractivity contribution >= 4 is 11.8 Å². The fourth-order valence-electron chi connectivity index (χ4n) is 7.47. The van der Waals surface area contributed by atoms with Gasteiger partial charge < -0.3 is 5.11 Å². The molecule has 146 valence electrons. The normalized spacial score (nSPS) is 43.0. The molecule has 4 aliphatic rings. The molecule has 6 heteroatoms. The molecule has 0 unspecified atom stereocenters. The number of aliphatic carboxylic acids is 1. The molecular formula is C21H29N3O3. The molecule has 0 amide bonds. The van der Waals surface area contributed by atoms with Gasteiger partial charge in [-0.15, -0.1) is 0 Å². The fourth-order valence-corrected chi connectivity index (χ4v) is 7.47. The van der Waals surface area contributed by atoms with Crippen molar-refractivity contribution in [3.63, 3.8) is 0 Å². The number of nitrogens with zero attached hydrogens (tertiary/aromatic N) is 3. The quantitative estimate of drug-likeness (QED) is 0.432. The summed E-state index contributed by atoms with van der Waals surface area (Å²) in [5.74, 6) is 1.38. The third-order valence-corrected chi connectivity index (χ3v) is 8.72. The van der Waals surface area contributed by atoms with Gasteiger partial charge in [0.2, 0.25) is 0 Å². The van der Waals surface area contributed by atoms with Crippen molar-refractivity contribution < 1.29 is 14.7 Å². The predicted octanol–water partition coefficient (Wildman–Crippen LogP) is 4.90. The summed E-state index contributed by atoms with van der Waals surface area (Å²) in [7, 11) is 0. The first-order valence-electron chi connectivity index (χ1n) is 10.4. The number of rotatable bonds is 4. The highest BCUT2D eigenvalue weighted by Crippen LogP contribution is 2.67. The van der Waals surface area contributed by atoms with Gasteiger partial charge in [-0.3, -0.25) is 9.59 Å². The molecule has 0 aromatic carbocycles. The van der Waals surface area contributed by atoms with E-state index in [4.69, 9.17) is 5.53 Å². The van der Waals surface area contributed by atoms with Crippen LogP contribution in [0.25, 0.3) is 10.4 Å². The Kier molecular flexibility index (Phi) is 4.58. The molecule has 0 radical (unpaired) electrons. The van der Waals surface area contributed by atoms with E-state index < -0.39 is 5.97 Å². The number of carboxylic acid groups (broad SMARTS) is 1. The number of ketones is 1. The van der Waals surface area contributed by atoms with Crippen LogP contribution in [0.2, 0.25) is 0 Å². The average molecular weight is 371 g/mol. The molecular weight excluding hydrogens is 342 g/mol. The lowest BCUT2D eigenvalue weighted by atomic mass is 9.46. The maximum absolute atomic E-state index is 12.0. The molecule has 1 N–H and O–H groups in total. The minimum Gasteiger partial charge on any atom is -0.481 e. The topological polar surface area (TPSA) is 103 Å². The molecule has 3 saturated carbocycles. The number of carboxylic acids is 1. The largest absolute Gasteiger partial charge is 0.481 e. The minimum atomic E-state index is -0.677. The summed E-state index contributed by atoms with van der Waals surface area (Å²) < 4.78 is 0. The van der Waals surface area contributed by atoms with E-state index >= 15 is 0 Å².